The van der Waals surface area contributed by atoms with Crippen LogP contribution in [0.2, 0.25) is 0 Å². The third-order valence-corrected chi connectivity index (χ3v) is 8.17. The maximum absolute atomic E-state index is 13.7. The monoisotopic (exact) mass is 511 g/mol. The van der Waals surface area contributed by atoms with E-state index in [-0.39, 0.29) is 47.8 Å². The molecule has 0 spiro atoms. The van der Waals surface area contributed by atoms with E-state index in [1.165, 1.54) is 34.5 Å². The van der Waals surface area contributed by atoms with Crippen LogP contribution in [-0.2, 0) is 17.1 Å². The largest absolute Gasteiger partial charge is 0.470 e. The standard InChI is InChI=1S/C21H27F2N7O4S/c1-20(31)13-21(22,23)6-3-17(20)34-18-14(9-24)10-25-19(28-18)27-15-4-7-30(8-5-15)35(32,33)16-11-26-29(2)12-16/h10-12,15,17,31H,3-8,13H2,1-2H3,(H,25,27,28)/t17-,20-/m1/s1. The number of rotatable bonds is 6. The lowest BCUT2D eigenvalue weighted by Crippen LogP contribution is -2.51. The number of hydrogen-bond acceptors (Lipinski definition) is 9. The van der Waals surface area contributed by atoms with Gasteiger partial charge in [-0.15, -0.1) is 0 Å². The van der Waals surface area contributed by atoms with Crippen LogP contribution in [0, 0.1) is 11.3 Å². The zero-order valence-electron chi connectivity index (χ0n) is 19.4. The molecule has 0 unspecified atom stereocenters. The van der Waals surface area contributed by atoms with Crippen molar-refractivity contribution in [2.24, 2.45) is 7.05 Å². The number of aryl methyl sites for hydroxylation is 1. The third kappa shape index (κ3) is 5.52. The Morgan fingerprint density at radius 1 is 1.29 bits per heavy atom. The first-order valence-corrected chi connectivity index (χ1v) is 12.6. The van der Waals surface area contributed by atoms with Crippen molar-refractivity contribution < 1.29 is 27.0 Å². The molecule has 0 radical (unpaired) electrons. The molecule has 2 aliphatic rings. The van der Waals surface area contributed by atoms with Crippen molar-refractivity contribution in [1.29, 1.82) is 5.26 Å². The highest BCUT2D eigenvalue weighted by molar-refractivity contribution is 7.89. The first-order valence-electron chi connectivity index (χ1n) is 11.2. The molecule has 2 aromatic rings. The van der Waals surface area contributed by atoms with Gasteiger partial charge in [0.1, 0.15) is 28.2 Å². The first-order chi connectivity index (χ1) is 16.4. The van der Waals surface area contributed by atoms with Crippen LogP contribution in [-0.4, -0.2) is 74.3 Å². The summed E-state index contributed by atoms with van der Waals surface area (Å²) < 4.78 is 61.6. The van der Waals surface area contributed by atoms with Gasteiger partial charge in [-0.2, -0.15) is 19.6 Å². The summed E-state index contributed by atoms with van der Waals surface area (Å²) in [6.07, 6.45) is 2.78. The molecule has 3 heterocycles. The average Bonchev–Trinajstić information content (AvgIpc) is 3.23. The van der Waals surface area contributed by atoms with Gasteiger partial charge in [0.2, 0.25) is 21.9 Å². The molecule has 1 saturated heterocycles. The molecule has 35 heavy (non-hydrogen) atoms. The van der Waals surface area contributed by atoms with Crippen molar-refractivity contribution in [3.05, 3.63) is 24.2 Å². The molecule has 4 rings (SSSR count). The van der Waals surface area contributed by atoms with Gasteiger partial charge in [-0.05, 0) is 26.2 Å². The number of sulfonamides is 1. The number of alkyl halides is 2. The molecule has 11 nitrogen and oxygen atoms in total. The number of nitrogens with zero attached hydrogens (tertiary/aromatic N) is 6. The predicted octanol–water partition coefficient (Wildman–Crippen LogP) is 1.66. The first kappa shape index (κ1) is 25.2. The van der Waals surface area contributed by atoms with Gasteiger partial charge >= 0.3 is 0 Å². The lowest BCUT2D eigenvalue weighted by Gasteiger charge is -2.40. The molecule has 1 saturated carbocycles. The summed E-state index contributed by atoms with van der Waals surface area (Å²) in [5.74, 6) is -2.93. The highest BCUT2D eigenvalue weighted by Gasteiger charge is 2.49. The molecule has 190 valence electrons. The van der Waals surface area contributed by atoms with Crippen molar-refractivity contribution in [3.63, 3.8) is 0 Å². The second kappa shape index (κ2) is 9.29. The lowest BCUT2D eigenvalue weighted by molar-refractivity contribution is -0.162. The summed E-state index contributed by atoms with van der Waals surface area (Å²) in [5, 5.41) is 26.9. The molecule has 2 N–H and O–H groups in total. The van der Waals surface area contributed by atoms with Gasteiger partial charge in [0.25, 0.3) is 5.92 Å². The summed E-state index contributed by atoms with van der Waals surface area (Å²) in [6.45, 7) is 1.85. The molecule has 1 aliphatic carbocycles. The Balaban J connectivity index is 1.41. The predicted molar refractivity (Wildman–Crippen MR) is 119 cm³/mol. The quantitative estimate of drug-likeness (QED) is 0.591. The normalized spacial score (nSPS) is 25.7. The minimum atomic E-state index is -3.63. The number of nitrogens with one attached hydrogen (secondary N) is 1. The van der Waals surface area contributed by atoms with Crippen LogP contribution in [0.25, 0.3) is 0 Å². The molecule has 2 aromatic heterocycles. The Labute approximate surface area is 201 Å². The van der Waals surface area contributed by atoms with Crippen LogP contribution in [0.15, 0.2) is 23.5 Å². The highest BCUT2D eigenvalue weighted by Crippen LogP contribution is 2.41. The Kier molecular flexibility index (Phi) is 6.69. The summed E-state index contributed by atoms with van der Waals surface area (Å²) >= 11 is 0. The van der Waals surface area contributed by atoms with E-state index in [4.69, 9.17) is 4.74 Å². The maximum atomic E-state index is 13.7. The van der Waals surface area contributed by atoms with Gasteiger partial charge in [-0.1, -0.05) is 0 Å². The second-order valence-corrected chi connectivity index (χ2v) is 11.2. The van der Waals surface area contributed by atoms with Crippen LogP contribution in [0.5, 0.6) is 5.88 Å². The van der Waals surface area contributed by atoms with Crippen molar-refractivity contribution >= 4 is 16.0 Å². The van der Waals surface area contributed by atoms with Crippen molar-refractivity contribution in [3.8, 4) is 11.9 Å². The van der Waals surface area contributed by atoms with Crippen LogP contribution in [0.3, 0.4) is 0 Å². The average molecular weight is 512 g/mol. The molecular formula is C21H27F2N7O4S. The zero-order chi connectivity index (χ0) is 25.4. The zero-order valence-corrected chi connectivity index (χ0v) is 20.2. The van der Waals surface area contributed by atoms with Crippen LogP contribution in [0.4, 0.5) is 14.7 Å². The smallest absolute Gasteiger partial charge is 0.251 e. The molecule has 0 aromatic carbocycles. The number of ether oxygens (including phenoxy) is 1. The second-order valence-electron chi connectivity index (χ2n) is 9.23. The van der Waals surface area contributed by atoms with E-state index in [9.17, 15) is 27.6 Å². The van der Waals surface area contributed by atoms with E-state index >= 15 is 0 Å². The van der Waals surface area contributed by atoms with Gasteiger partial charge in [-0.3, -0.25) is 4.68 Å². The SMILES string of the molecule is Cn1cc(S(=O)(=O)N2CCC(Nc3ncc(C#N)c(O[C@@H]4CCC(F)(F)C[C@@]4(C)O)n3)CC2)cn1. The summed E-state index contributed by atoms with van der Waals surface area (Å²) in [4.78, 5) is 8.51. The fourth-order valence-corrected chi connectivity index (χ4v) is 5.86. The number of anilines is 1. The fourth-order valence-electron chi connectivity index (χ4n) is 4.41. The highest BCUT2D eigenvalue weighted by atomic mass is 32.2. The number of piperidine rings is 1. The lowest BCUT2D eigenvalue weighted by atomic mass is 9.81. The van der Waals surface area contributed by atoms with E-state index in [1.54, 1.807) is 7.05 Å². The Bertz CT molecular complexity index is 1220. The van der Waals surface area contributed by atoms with E-state index < -0.39 is 40.5 Å². The molecular weight excluding hydrogens is 484 g/mol. The molecule has 1 aliphatic heterocycles. The minimum absolute atomic E-state index is 0.0149. The van der Waals surface area contributed by atoms with Crippen molar-refractivity contribution in [2.45, 2.75) is 67.6 Å². The van der Waals surface area contributed by atoms with E-state index in [0.29, 0.717) is 12.8 Å². The topological polar surface area (TPSA) is 146 Å². The number of hydrogen-bond donors (Lipinski definition) is 2. The number of aromatic nitrogens is 4. The molecule has 2 fully saturated rings. The summed E-state index contributed by atoms with van der Waals surface area (Å²) in [6, 6.07) is 1.78. The third-order valence-electron chi connectivity index (χ3n) is 6.32. The summed E-state index contributed by atoms with van der Waals surface area (Å²) in [7, 11) is -1.98. The number of aliphatic hydroxyl groups is 1. The van der Waals surface area contributed by atoms with Gasteiger partial charge < -0.3 is 15.2 Å². The van der Waals surface area contributed by atoms with Gasteiger partial charge in [0, 0.05) is 45.2 Å². The molecule has 0 bridgehead atoms. The van der Waals surface area contributed by atoms with Crippen LogP contribution in [0.1, 0.15) is 44.6 Å². The molecule has 14 heteroatoms. The van der Waals surface area contributed by atoms with Crippen LogP contribution < -0.4 is 10.1 Å². The number of nitriles is 1. The van der Waals surface area contributed by atoms with Gasteiger partial charge in [0.15, 0.2) is 0 Å². The Morgan fingerprint density at radius 3 is 2.60 bits per heavy atom. The molecule has 2 atom stereocenters. The Morgan fingerprint density at radius 2 is 2.00 bits per heavy atom. The fraction of sp³-hybridized carbons (Fsp3) is 0.619. The van der Waals surface area contributed by atoms with Gasteiger partial charge in [0.05, 0.1) is 12.4 Å². The summed E-state index contributed by atoms with van der Waals surface area (Å²) in [5.41, 5.74) is -1.78. The molecule has 0 amide bonds. The minimum Gasteiger partial charge on any atom is -0.470 e. The van der Waals surface area contributed by atoms with E-state index in [1.807, 2.05) is 6.07 Å². The van der Waals surface area contributed by atoms with Crippen LogP contribution >= 0.6 is 0 Å². The maximum Gasteiger partial charge on any atom is 0.251 e. The Hall–Kier alpha value is -2.89. The van der Waals surface area contributed by atoms with Crippen molar-refractivity contribution in [1.82, 2.24) is 24.1 Å². The van der Waals surface area contributed by atoms with E-state index in [0.717, 1.165) is 0 Å². The van der Waals surface area contributed by atoms with Crippen molar-refractivity contribution in [2.75, 3.05) is 18.4 Å². The number of halogens is 2. The van der Waals surface area contributed by atoms with Gasteiger partial charge in [-0.25, -0.2) is 22.2 Å². The van der Waals surface area contributed by atoms with E-state index in [2.05, 4.69) is 20.4 Å².